The maximum atomic E-state index is 12.4. The van der Waals surface area contributed by atoms with Crippen molar-refractivity contribution in [1.29, 1.82) is 0 Å². The van der Waals surface area contributed by atoms with Crippen molar-refractivity contribution in [1.82, 2.24) is 10.6 Å². The van der Waals surface area contributed by atoms with Crippen LogP contribution in [0.5, 0.6) is 5.75 Å². The van der Waals surface area contributed by atoms with E-state index in [-0.39, 0.29) is 6.61 Å². The van der Waals surface area contributed by atoms with Gasteiger partial charge in [-0.1, -0.05) is 30.3 Å². The lowest BCUT2D eigenvalue weighted by Crippen LogP contribution is -2.48. The number of hydrogen-bond acceptors (Lipinski definition) is 6. The van der Waals surface area contributed by atoms with Crippen LogP contribution in [0.1, 0.15) is 24.1 Å². The highest BCUT2D eigenvalue weighted by atomic mass is 16.5. The van der Waals surface area contributed by atoms with Gasteiger partial charge in [-0.3, -0.25) is 9.59 Å². The van der Waals surface area contributed by atoms with Crippen LogP contribution in [0.4, 0.5) is 0 Å². The summed E-state index contributed by atoms with van der Waals surface area (Å²) in [5.74, 6) is -2.14. The number of rotatable bonds is 8. The summed E-state index contributed by atoms with van der Waals surface area (Å²) in [4.78, 5) is 47.6. The number of carbonyl (C=O) groups excluding carboxylic acids is 2. The van der Waals surface area contributed by atoms with E-state index in [9.17, 15) is 24.3 Å². The standard InChI is InChI=1S/C23H22N2O7/c1-13-10-20(27)32-18-11-16(8-9-17(13)18)31-12-19(26)24-14(2)22(28)25-21(23(29)30)15-6-4-3-5-7-15/h3-11,14,21H,12H2,1-2H3,(H,24,26)(H,25,28)(H,29,30). The predicted molar refractivity (Wildman–Crippen MR) is 115 cm³/mol. The first-order valence-electron chi connectivity index (χ1n) is 9.79. The Morgan fingerprint density at radius 3 is 2.47 bits per heavy atom. The van der Waals surface area contributed by atoms with E-state index in [1.165, 1.54) is 19.1 Å². The molecule has 3 rings (SSSR count). The molecule has 0 aliphatic heterocycles. The first-order chi connectivity index (χ1) is 15.2. The van der Waals surface area contributed by atoms with Gasteiger partial charge < -0.3 is 24.9 Å². The molecule has 9 heteroatoms. The van der Waals surface area contributed by atoms with E-state index < -0.39 is 35.5 Å². The molecule has 0 saturated heterocycles. The van der Waals surface area contributed by atoms with E-state index in [0.717, 1.165) is 10.9 Å². The van der Waals surface area contributed by atoms with Gasteiger partial charge in [-0.2, -0.15) is 0 Å². The van der Waals surface area contributed by atoms with Gasteiger partial charge >= 0.3 is 11.6 Å². The second-order valence-corrected chi connectivity index (χ2v) is 7.17. The van der Waals surface area contributed by atoms with Gasteiger partial charge in [0.15, 0.2) is 12.6 Å². The van der Waals surface area contributed by atoms with Crippen LogP contribution >= 0.6 is 0 Å². The van der Waals surface area contributed by atoms with Gasteiger partial charge in [0.25, 0.3) is 5.91 Å². The number of carboxylic acids is 1. The number of nitrogens with one attached hydrogen (secondary N) is 2. The van der Waals surface area contributed by atoms with Gasteiger partial charge in [-0.15, -0.1) is 0 Å². The van der Waals surface area contributed by atoms with Crippen molar-refractivity contribution in [2.24, 2.45) is 0 Å². The Morgan fingerprint density at radius 1 is 1.06 bits per heavy atom. The van der Waals surface area contributed by atoms with Crippen LogP contribution < -0.4 is 21.0 Å². The maximum absolute atomic E-state index is 12.4. The van der Waals surface area contributed by atoms with Gasteiger partial charge in [0, 0.05) is 17.5 Å². The van der Waals surface area contributed by atoms with Crippen LogP contribution in [0.3, 0.4) is 0 Å². The molecule has 0 bridgehead atoms. The monoisotopic (exact) mass is 438 g/mol. The normalized spacial score (nSPS) is 12.6. The molecule has 2 unspecified atom stereocenters. The molecule has 9 nitrogen and oxygen atoms in total. The van der Waals surface area contributed by atoms with Gasteiger partial charge in [0.2, 0.25) is 5.91 Å². The number of amides is 2. The number of hydrogen-bond donors (Lipinski definition) is 3. The van der Waals surface area contributed by atoms with E-state index in [0.29, 0.717) is 16.9 Å². The van der Waals surface area contributed by atoms with Gasteiger partial charge in [-0.05, 0) is 37.1 Å². The number of fused-ring (bicyclic) bond motifs is 1. The topological polar surface area (TPSA) is 135 Å². The maximum Gasteiger partial charge on any atom is 0.336 e. The van der Waals surface area contributed by atoms with Crippen LogP contribution in [0.15, 0.2) is 63.8 Å². The molecule has 3 N–H and O–H groups in total. The van der Waals surface area contributed by atoms with Crippen molar-refractivity contribution >= 4 is 28.8 Å². The number of benzene rings is 2. The van der Waals surface area contributed by atoms with E-state index in [1.54, 1.807) is 49.4 Å². The van der Waals surface area contributed by atoms with Crippen molar-refractivity contribution in [3.8, 4) is 5.75 Å². The van der Waals surface area contributed by atoms with Crippen molar-refractivity contribution in [3.05, 3.63) is 76.1 Å². The summed E-state index contributed by atoms with van der Waals surface area (Å²) < 4.78 is 10.6. The number of aliphatic carboxylic acids is 1. The molecule has 0 saturated carbocycles. The number of ether oxygens (including phenoxy) is 1. The second-order valence-electron chi connectivity index (χ2n) is 7.17. The van der Waals surface area contributed by atoms with E-state index in [2.05, 4.69) is 10.6 Å². The molecule has 0 radical (unpaired) electrons. The summed E-state index contributed by atoms with van der Waals surface area (Å²) in [6.45, 7) is 2.83. The first-order valence-corrected chi connectivity index (χ1v) is 9.79. The first kappa shape index (κ1) is 22.5. The summed E-state index contributed by atoms with van der Waals surface area (Å²) in [6.07, 6.45) is 0. The third-order valence-corrected chi connectivity index (χ3v) is 4.73. The van der Waals surface area contributed by atoms with Crippen molar-refractivity contribution < 1.29 is 28.6 Å². The zero-order valence-corrected chi connectivity index (χ0v) is 17.5. The molecule has 2 amide bonds. The summed E-state index contributed by atoms with van der Waals surface area (Å²) in [5, 5.41) is 15.0. The molecular formula is C23H22N2O7. The van der Waals surface area contributed by atoms with Crippen LogP contribution in [-0.4, -0.2) is 35.5 Å². The zero-order chi connectivity index (χ0) is 23.3. The lowest BCUT2D eigenvalue weighted by Gasteiger charge is -2.19. The highest BCUT2D eigenvalue weighted by Gasteiger charge is 2.25. The Labute approximate surface area is 183 Å². The number of aryl methyl sites for hydroxylation is 1. The fraction of sp³-hybridized carbons (Fsp3) is 0.217. The van der Waals surface area contributed by atoms with Crippen molar-refractivity contribution in [2.45, 2.75) is 25.9 Å². The Hall–Kier alpha value is -4.14. The number of carboxylic acid groups (broad SMARTS) is 1. The average molecular weight is 438 g/mol. The Balaban J connectivity index is 1.57. The number of carbonyl (C=O) groups is 3. The molecule has 0 aliphatic carbocycles. The predicted octanol–water partition coefficient (Wildman–Crippen LogP) is 1.93. The Morgan fingerprint density at radius 2 is 1.78 bits per heavy atom. The minimum Gasteiger partial charge on any atom is -0.484 e. The molecule has 1 aromatic heterocycles. The molecular weight excluding hydrogens is 416 g/mol. The van der Waals surface area contributed by atoms with Crippen LogP contribution in [0, 0.1) is 6.92 Å². The highest BCUT2D eigenvalue weighted by Crippen LogP contribution is 2.22. The summed E-state index contributed by atoms with van der Waals surface area (Å²) in [7, 11) is 0. The quantitative estimate of drug-likeness (QED) is 0.457. The van der Waals surface area contributed by atoms with Crippen molar-refractivity contribution in [2.75, 3.05) is 6.61 Å². The molecule has 2 aromatic carbocycles. The second kappa shape index (κ2) is 9.78. The minimum atomic E-state index is -1.24. The van der Waals surface area contributed by atoms with E-state index >= 15 is 0 Å². The zero-order valence-electron chi connectivity index (χ0n) is 17.5. The highest BCUT2D eigenvalue weighted by molar-refractivity contribution is 5.91. The Bertz CT molecular complexity index is 1200. The summed E-state index contributed by atoms with van der Waals surface area (Å²) in [5.41, 5.74) is 1.02. The molecule has 3 aromatic rings. The van der Waals surface area contributed by atoms with Crippen LogP contribution in [-0.2, 0) is 14.4 Å². The molecule has 2 atom stereocenters. The lowest BCUT2D eigenvalue weighted by atomic mass is 10.1. The smallest absolute Gasteiger partial charge is 0.336 e. The largest absolute Gasteiger partial charge is 0.484 e. The lowest BCUT2D eigenvalue weighted by molar-refractivity contribution is -0.142. The average Bonchev–Trinajstić information content (AvgIpc) is 2.75. The SMILES string of the molecule is Cc1cc(=O)oc2cc(OCC(=O)NC(C)C(=O)NC(C(=O)O)c3ccccc3)ccc12. The van der Waals surface area contributed by atoms with Gasteiger partial charge in [0.1, 0.15) is 17.4 Å². The fourth-order valence-electron chi connectivity index (χ4n) is 3.09. The van der Waals surface area contributed by atoms with Crippen LogP contribution in [0.2, 0.25) is 0 Å². The third kappa shape index (κ3) is 5.51. The fourth-order valence-corrected chi connectivity index (χ4v) is 3.09. The van der Waals surface area contributed by atoms with E-state index in [4.69, 9.17) is 9.15 Å². The summed E-state index contributed by atoms with van der Waals surface area (Å²) in [6, 6.07) is 12.2. The molecule has 0 aliphatic rings. The molecule has 32 heavy (non-hydrogen) atoms. The minimum absolute atomic E-state index is 0.313. The molecule has 166 valence electrons. The Kier molecular flexibility index (Phi) is 6.89. The molecule has 0 spiro atoms. The van der Waals surface area contributed by atoms with Gasteiger partial charge in [0.05, 0.1) is 0 Å². The molecule has 0 fully saturated rings. The third-order valence-electron chi connectivity index (χ3n) is 4.73. The van der Waals surface area contributed by atoms with Gasteiger partial charge in [-0.25, -0.2) is 9.59 Å². The summed E-state index contributed by atoms with van der Waals surface area (Å²) >= 11 is 0. The van der Waals surface area contributed by atoms with E-state index in [1.807, 2.05) is 0 Å². The van der Waals surface area contributed by atoms with Crippen molar-refractivity contribution in [3.63, 3.8) is 0 Å². The molecule has 1 heterocycles. The van der Waals surface area contributed by atoms with Crippen LogP contribution in [0.25, 0.3) is 11.0 Å².